The first-order valence-electron chi connectivity index (χ1n) is 21.6. The standard InChI is InChI=1S/C51H59N2O3/c1-9-55-44(54)21-11-10-16-23-51(8)38-19-14-15-20-41(38)52-24-22-31-27-43-32(25-34(31)46(51)52)26-36-45-50(6,7)40-28-35-33-17-12-13-18-37(33)49(4,5)39(35)29-42(40)53(45)30-48(2,3)47(36)56-43/h12-15,17-20,25-26,28-29,31,43,47H,9-11,16,21-24,27,30H2,1-8H3/q+1. The maximum atomic E-state index is 12.1. The minimum Gasteiger partial charge on any atom is -0.466 e. The summed E-state index contributed by atoms with van der Waals surface area (Å²) >= 11 is 0. The molecule has 4 atom stereocenters. The number of carbonyl (C=O) groups excluding carboxylic acids is 1. The Bertz CT molecular complexity index is 2330. The van der Waals surface area contributed by atoms with Crippen LogP contribution in [-0.4, -0.2) is 48.2 Å². The molecule has 10 rings (SSSR count). The molecule has 2 aliphatic carbocycles. The van der Waals surface area contributed by atoms with Gasteiger partial charge in [0.25, 0.3) is 0 Å². The molecule has 5 aliphatic heterocycles. The van der Waals surface area contributed by atoms with Crippen molar-refractivity contribution in [2.24, 2.45) is 11.3 Å². The van der Waals surface area contributed by atoms with Crippen molar-refractivity contribution in [1.82, 2.24) is 0 Å². The summed E-state index contributed by atoms with van der Waals surface area (Å²) in [6.07, 6.45) is 12.1. The average Bonchev–Trinajstić information content (AvgIpc) is 3.66. The van der Waals surface area contributed by atoms with Crippen LogP contribution in [0.2, 0.25) is 0 Å². The average molecular weight is 748 g/mol. The van der Waals surface area contributed by atoms with Crippen molar-refractivity contribution < 1.29 is 18.8 Å². The lowest BCUT2D eigenvalue weighted by atomic mass is 9.67. The van der Waals surface area contributed by atoms with Gasteiger partial charge in [-0.25, -0.2) is 0 Å². The number of hydrogen-bond donors (Lipinski definition) is 0. The van der Waals surface area contributed by atoms with Crippen molar-refractivity contribution in [1.29, 1.82) is 0 Å². The molecule has 56 heavy (non-hydrogen) atoms. The molecule has 0 saturated carbocycles. The smallest absolute Gasteiger partial charge is 0.305 e. The van der Waals surface area contributed by atoms with Gasteiger partial charge in [0.05, 0.1) is 23.5 Å². The molecular weight excluding hydrogens is 689 g/mol. The van der Waals surface area contributed by atoms with Crippen molar-refractivity contribution in [2.45, 2.75) is 129 Å². The lowest BCUT2D eigenvalue weighted by Crippen LogP contribution is -2.53. The Kier molecular flexibility index (Phi) is 8.00. The van der Waals surface area contributed by atoms with Crippen molar-refractivity contribution in [2.75, 3.05) is 24.6 Å². The molecule has 290 valence electrons. The Labute approximate surface area is 334 Å². The van der Waals surface area contributed by atoms with Crippen LogP contribution in [-0.2, 0) is 30.5 Å². The Morgan fingerprint density at radius 3 is 2.43 bits per heavy atom. The van der Waals surface area contributed by atoms with Gasteiger partial charge < -0.3 is 14.4 Å². The predicted molar refractivity (Wildman–Crippen MR) is 226 cm³/mol. The van der Waals surface area contributed by atoms with Crippen LogP contribution < -0.4 is 4.90 Å². The second-order valence-electron chi connectivity index (χ2n) is 19.8. The van der Waals surface area contributed by atoms with Gasteiger partial charge in [-0.05, 0) is 116 Å². The first-order valence-corrected chi connectivity index (χ1v) is 21.6. The summed E-state index contributed by atoms with van der Waals surface area (Å²) in [6, 6.07) is 23.3. The van der Waals surface area contributed by atoms with Gasteiger partial charge in [0, 0.05) is 52.4 Å². The summed E-state index contributed by atoms with van der Waals surface area (Å²) in [4.78, 5) is 14.7. The molecule has 0 radical (unpaired) electrons. The van der Waals surface area contributed by atoms with Gasteiger partial charge in [-0.1, -0.05) is 89.1 Å². The van der Waals surface area contributed by atoms with E-state index >= 15 is 0 Å². The van der Waals surface area contributed by atoms with Gasteiger partial charge in [0.1, 0.15) is 6.10 Å². The van der Waals surface area contributed by atoms with Gasteiger partial charge in [-0.2, -0.15) is 4.58 Å². The first-order chi connectivity index (χ1) is 26.8. The molecule has 5 nitrogen and oxygen atoms in total. The number of allylic oxidation sites excluding steroid dienone is 3. The van der Waals surface area contributed by atoms with Crippen LogP contribution in [0.15, 0.2) is 95.2 Å². The molecule has 5 heteroatoms. The minimum absolute atomic E-state index is 0.0363. The van der Waals surface area contributed by atoms with Crippen LogP contribution in [0.3, 0.4) is 0 Å². The minimum atomic E-state index is -0.164. The molecule has 0 amide bonds. The maximum absolute atomic E-state index is 12.1. The molecule has 0 fully saturated rings. The SMILES string of the molecule is CCOC(=O)CCCCCC1(C)C2=C3C=C4C=C5C6=[N+](CC(C)(C)C5OC4CC3CCN2c2ccccc21)c1cc2c(cc1C6(C)C)-c1ccccc1C2(C)C. The van der Waals surface area contributed by atoms with Gasteiger partial charge in [-0.15, -0.1) is 0 Å². The lowest BCUT2D eigenvalue weighted by Gasteiger charge is -2.47. The van der Waals surface area contributed by atoms with Gasteiger partial charge in [0.2, 0.25) is 5.69 Å². The Morgan fingerprint density at radius 1 is 0.857 bits per heavy atom. The monoisotopic (exact) mass is 747 g/mol. The highest BCUT2D eigenvalue weighted by Crippen LogP contribution is 2.59. The number of carbonyl (C=O) groups is 1. The van der Waals surface area contributed by atoms with Crippen molar-refractivity contribution in [3.8, 4) is 11.1 Å². The molecule has 4 unspecified atom stereocenters. The van der Waals surface area contributed by atoms with Crippen LogP contribution in [0.25, 0.3) is 11.1 Å². The molecule has 7 aliphatic rings. The van der Waals surface area contributed by atoms with E-state index in [9.17, 15) is 4.79 Å². The van der Waals surface area contributed by atoms with Crippen molar-refractivity contribution in [3.63, 3.8) is 0 Å². The normalized spacial score (nSPS) is 27.8. The van der Waals surface area contributed by atoms with E-state index < -0.39 is 0 Å². The van der Waals surface area contributed by atoms with E-state index in [4.69, 9.17) is 9.47 Å². The number of hydrogen-bond acceptors (Lipinski definition) is 4. The van der Waals surface area contributed by atoms with Gasteiger partial charge in [0.15, 0.2) is 12.3 Å². The van der Waals surface area contributed by atoms with Crippen LogP contribution in [0.5, 0.6) is 0 Å². The van der Waals surface area contributed by atoms with E-state index in [-0.39, 0.29) is 39.8 Å². The van der Waals surface area contributed by atoms with Crippen LogP contribution in [0.4, 0.5) is 11.4 Å². The number of anilines is 1. The number of para-hydroxylation sites is 1. The fraction of sp³-hybridized carbons (Fsp3) is 0.490. The fourth-order valence-electron chi connectivity index (χ4n) is 12.3. The van der Waals surface area contributed by atoms with E-state index in [1.54, 1.807) is 0 Å². The lowest BCUT2D eigenvalue weighted by molar-refractivity contribution is -0.466. The fourth-order valence-corrected chi connectivity index (χ4v) is 12.3. The Morgan fingerprint density at radius 2 is 1.62 bits per heavy atom. The summed E-state index contributed by atoms with van der Waals surface area (Å²) in [5.41, 5.74) is 18.2. The highest BCUT2D eigenvalue weighted by molar-refractivity contribution is 6.09. The van der Waals surface area contributed by atoms with E-state index in [0.29, 0.717) is 18.9 Å². The summed E-state index contributed by atoms with van der Waals surface area (Å²) in [7, 11) is 0. The predicted octanol–water partition coefficient (Wildman–Crippen LogP) is 11.0. The summed E-state index contributed by atoms with van der Waals surface area (Å²) < 4.78 is 15.3. The van der Waals surface area contributed by atoms with Crippen LogP contribution >= 0.6 is 0 Å². The van der Waals surface area contributed by atoms with E-state index in [0.717, 1.165) is 51.6 Å². The third kappa shape index (κ3) is 5.01. The Hall–Kier alpha value is -4.22. The first kappa shape index (κ1) is 36.1. The second kappa shape index (κ2) is 12.4. The van der Waals surface area contributed by atoms with E-state index in [1.807, 2.05) is 6.92 Å². The van der Waals surface area contributed by atoms with Crippen LogP contribution in [0.1, 0.15) is 123 Å². The number of fused-ring (bicyclic) bond motifs is 12. The number of unbranched alkanes of at least 4 members (excludes halogenated alkanes) is 2. The zero-order valence-corrected chi connectivity index (χ0v) is 34.9. The third-order valence-electron chi connectivity index (χ3n) is 15.0. The zero-order chi connectivity index (χ0) is 38.9. The molecule has 0 saturated heterocycles. The molecule has 0 bridgehead atoms. The second-order valence-corrected chi connectivity index (χ2v) is 19.8. The highest BCUT2D eigenvalue weighted by atomic mass is 16.5. The highest BCUT2D eigenvalue weighted by Gasteiger charge is 2.59. The number of esters is 1. The quantitative estimate of drug-likeness (QED) is 0.137. The summed E-state index contributed by atoms with van der Waals surface area (Å²) in [5, 5.41) is 0. The third-order valence-corrected chi connectivity index (χ3v) is 15.0. The van der Waals surface area contributed by atoms with E-state index in [1.165, 1.54) is 72.9 Å². The van der Waals surface area contributed by atoms with Gasteiger partial charge in [-0.3, -0.25) is 4.79 Å². The number of nitrogens with zero attached hydrogens (tertiary/aromatic N) is 2. The Balaban J connectivity index is 1.06. The maximum Gasteiger partial charge on any atom is 0.305 e. The number of benzene rings is 3. The topological polar surface area (TPSA) is 41.8 Å². The molecule has 3 aromatic carbocycles. The molecule has 5 heterocycles. The molecule has 0 spiro atoms. The van der Waals surface area contributed by atoms with Crippen molar-refractivity contribution in [3.05, 3.63) is 117 Å². The molecule has 0 aromatic heterocycles. The molecule has 0 N–H and O–H groups in total. The molecule has 3 aromatic rings. The zero-order valence-electron chi connectivity index (χ0n) is 34.9. The van der Waals surface area contributed by atoms with Crippen LogP contribution in [0, 0.1) is 11.3 Å². The molecular formula is C51H59N2O3+. The summed E-state index contributed by atoms with van der Waals surface area (Å²) in [6.45, 7) is 21.4. The number of ether oxygens (including phenoxy) is 2. The largest absolute Gasteiger partial charge is 0.466 e. The summed E-state index contributed by atoms with van der Waals surface area (Å²) in [5.74, 6) is 0.413. The van der Waals surface area contributed by atoms with E-state index in [2.05, 4.69) is 131 Å². The number of rotatable bonds is 7. The van der Waals surface area contributed by atoms with Gasteiger partial charge >= 0.3 is 5.97 Å². The van der Waals surface area contributed by atoms with Crippen molar-refractivity contribution >= 4 is 23.1 Å².